The summed E-state index contributed by atoms with van der Waals surface area (Å²) in [5.74, 6) is -2.29. The Hall–Kier alpha value is -3.37. The maximum atomic E-state index is 13.8. The van der Waals surface area contributed by atoms with Gasteiger partial charge < -0.3 is 9.84 Å². The second-order valence-corrected chi connectivity index (χ2v) is 10.4. The largest absolute Gasteiger partial charge is 0.355 e. The molecule has 1 fully saturated rings. The van der Waals surface area contributed by atoms with Gasteiger partial charge in [0.25, 0.3) is 0 Å². The number of anilines is 1. The van der Waals surface area contributed by atoms with Crippen molar-refractivity contribution in [2.45, 2.75) is 31.6 Å². The molecule has 3 aromatic rings. The lowest BCUT2D eigenvalue weighted by Gasteiger charge is -2.30. The van der Waals surface area contributed by atoms with Gasteiger partial charge in [0, 0.05) is 25.1 Å². The molecule has 1 N–H and O–H groups in total. The number of hydrogen-bond acceptors (Lipinski definition) is 5. The SMILES string of the molecule is Cc1ccc(/C=C/c2onc(C)c2S(=O)(=O)N2CCC(C(=O)Nc3cc(F)ccc3F)CC2)cc1. The van der Waals surface area contributed by atoms with Crippen LogP contribution in [0.3, 0.4) is 0 Å². The molecule has 0 atom stereocenters. The highest BCUT2D eigenvalue weighted by Crippen LogP contribution is 2.30. The minimum absolute atomic E-state index is 0.00871. The van der Waals surface area contributed by atoms with Crippen LogP contribution in [0.15, 0.2) is 51.9 Å². The van der Waals surface area contributed by atoms with Crippen LogP contribution in [-0.2, 0) is 14.8 Å². The summed E-state index contributed by atoms with van der Waals surface area (Å²) in [6.45, 7) is 3.73. The molecule has 2 heterocycles. The summed E-state index contributed by atoms with van der Waals surface area (Å²) in [7, 11) is -3.93. The number of nitrogens with zero attached hydrogens (tertiary/aromatic N) is 2. The number of rotatable bonds is 6. The molecular formula is C25H25F2N3O4S. The van der Waals surface area contributed by atoms with Crippen molar-refractivity contribution < 1.29 is 26.5 Å². The van der Waals surface area contributed by atoms with Gasteiger partial charge in [-0.25, -0.2) is 17.2 Å². The lowest BCUT2D eigenvalue weighted by Crippen LogP contribution is -2.41. The summed E-state index contributed by atoms with van der Waals surface area (Å²) in [6.07, 6.45) is 3.80. The predicted octanol–water partition coefficient (Wildman–Crippen LogP) is 4.78. The number of amides is 1. The summed E-state index contributed by atoms with van der Waals surface area (Å²) in [6, 6.07) is 10.5. The van der Waals surface area contributed by atoms with Crippen molar-refractivity contribution in [3.05, 3.63) is 76.7 Å². The molecule has 0 unspecified atom stereocenters. The van der Waals surface area contributed by atoms with Gasteiger partial charge in [-0.15, -0.1) is 0 Å². The molecular weight excluding hydrogens is 476 g/mol. The van der Waals surface area contributed by atoms with Gasteiger partial charge in [0.15, 0.2) is 10.7 Å². The minimum atomic E-state index is -3.93. The predicted molar refractivity (Wildman–Crippen MR) is 128 cm³/mol. The van der Waals surface area contributed by atoms with Gasteiger partial charge in [0.2, 0.25) is 15.9 Å². The molecule has 4 rings (SSSR count). The second kappa shape index (κ2) is 10.1. The zero-order chi connectivity index (χ0) is 25.2. The quantitative estimate of drug-likeness (QED) is 0.525. The lowest BCUT2D eigenvalue weighted by atomic mass is 9.97. The van der Waals surface area contributed by atoms with E-state index in [1.807, 2.05) is 31.2 Å². The zero-order valence-electron chi connectivity index (χ0n) is 19.3. The van der Waals surface area contributed by atoms with Crippen molar-refractivity contribution in [1.82, 2.24) is 9.46 Å². The summed E-state index contributed by atoms with van der Waals surface area (Å²) in [5, 5.41) is 6.25. The van der Waals surface area contributed by atoms with Crippen LogP contribution in [0.2, 0.25) is 0 Å². The monoisotopic (exact) mass is 501 g/mol. The van der Waals surface area contributed by atoms with Gasteiger partial charge in [0.1, 0.15) is 17.3 Å². The Kier molecular flexibility index (Phi) is 7.13. The zero-order valence-corrected chi connectivity index (χ0v) is 20.1. The third-order valence-corrected chi connectivity index (χ3v) is 8.00. The maximum Gasteiger partial charge on any atom is 0.248 e. The fourth-order valence-corrected chi connectivity index (χ4v) is 5.68. The summed E-state index contributed by atoms with van der Waals surface area (Å²) in [4.78, 5) is 12.6. The number of sulfonamides is 1. The van der Waals surface area contributed by atoms with E-state index in [-0.39, 0.29) is 48.0 Å². The first-order valence-electron chi connectivity index (χ1n) is 11.1. The highest BCUT2D eigenvalue weighted by molar-refractivity contribution is 7.89. The molecule has 1 saturated heterocycles. The lowest BCUT2D eigenvalue weighted by molar-refractivity contribution is -0.120. The van der Waals surface area contributed by atoms with Crippen molar-refractivity contribution in [3.8, 4) is 0 Å². The molecule has 35 heavy (non-hydrogen) atoms. The molecule has 1 amide bonds. The molecule has 0 aliphatic carbocycles. The summed E-state index contributed by atoms with van der Waals surface area (Å²) in [5.41, 5.74) is 2.00. The Bertz CT molecular complexity index is 1360. The van der Waals surface area contributed by atoms with Gasteiger partial charge in [0.05, 0.1) is 5.69 Å². The fourth-order valence-electron chi connectivity index (χ4n) is 3.96. The van der Waals surface area contributed by atoms with Crippen molar-refractivity contribution in [2.24, 2.45) is 5.92 Å². The van der Waals surface area contributed by atoms with E-state index in [0.717, 1.165) is 29.3 Å². The maximum absolute atomic E-state index is 13.8. The van der Waals surface area contributed by atoms with Gasteiger partial charge in [-0.2, -0.15) is 4.31 Å². The highest BCUT2D eigenvalue weighted by atomic mass is 32.2. The number of carbonyl (C=O) groups excluding carboxylic acids is 1. The number of aromatic nitrogens is 1. The molecule has 10 heteroatoms. The molecule has 0 spiro atoms. The Morgan fingerprint density at radius 1 is 1.09 bits per heavy atom. The molecule has 1 aliphatic rings. The van der Waals surface area contributed by atoms with E-state index < -0.39 is 33.5 Å². The van der Waals surface area contributed by atoms with Crippen molar-refractivity contribution in [3.63, 3.8) is 0 Å². The van der Waals surface area contributed by atoms with Gasteiger partial charge in [-0.1, -0.05) is 41.1 Å². The molecule has 184 valence electrons. The smallest absolute Gasteiger partial charge is 0.248 e. The van der Waals surface area contributed by atoms with E-state index in [2.05, 4.69) is 10.5 Å². The number of carbonyl (C=O) groups is 1. The van der Waals surface area contributed by atoms with Crippen LogP contribution in [0.5, 0.6) is 0 Å². The van der Waals surface area contributed by atoms with E-state index in [1.54, 1.807) is 19.1 Å². The number of aryl methyl sites for hydroxylation is 2. The van der Waals surface area contributed by atoms with E-state index in [1.165, 1.54) is 4.31 Å². The molecule has 1 aliphatic heterocycles. The van der Waals surface area contributed by atoms with Crippen LogP contribution in [-0.4, -0.2) is 36.9 Å². The number of piperidine rings is 1. The Morgan fingerprint density at radius 2 is 1.77 bits per heavy atom. The molecule has 1 aromatic heterocycles. The van der Waals surface area contributed by atoms with Crippen molar-refractivity contribution in [2.75, 3.05) is 18.4 Å². The highest BCUT2D eigenvalue weighted by Gasteiger charge is 2.36. The van der Waals surface area contributed by atoms with Gasteiger partial charge in [-0.3, -0.25) is 4.79 Å². The number of halogens is 2. The van der Waals surface area contributed by atoms with Crippen LogP contribution in [0.25, 0.3) is 12.2 Å². The Morgan fingerprint density at radius 3 is 2.46 bits per heavy atom. The minimum Gasteiger partial charge on any atom is -0.355 e. The molecule has 0 saturated carbocycles. The average Bonchev–Trinajstić information content (AvgIpc) is 3.22. The average molecular weight is 502 g/mol. The van der Waals surface area contributed by atoms with Crippen molar-refractivity contribution >= 4 is 33.8 Å². The standard InChI is InChI=1S/C25H25F2N3O4S/c1-16-3-5-18(6-4-16)7-10-23-24(17(2)29-34-23)35(32,33)30-13-11-19(12-14-30)25(31)28-22-15-20(26)8-9-21(22)27/h3-10,15,19H,11-14H2,1-2H3,(H,28,31)/b10-7+. The van der Waals surface area contributed by atoms with Crippen LogP contribution in [0.1, 0.15) is 35.4 Å². The van der Waals surface area contributed by atoms with Gasteiger partial charge >= 0.3 is 0 Å². The first-order chi connectivity index (χ1) is 16.6. The van der Waals surface area contributed by atoms with E-state index in [0.29, 0.717) is 0 Å². The first-order valence-corrected chi connectivity index (χ1v) is 12.6. The number of nitrogens with one attached hydrogen (secondary N) is 1. The third kappa shape index (κ3) is 5.49. The second-order valence-electron chi connectivity index (χ2n) is 8.50. The molecule has 2 aromatic carbocycles. The van der Waals surface area contributed by atoms with Crippen molar-refractivity contribution in [1.29, 1.82) is 0 Å². The topological polar surface area (TPSA) is 92.5 Å². The Balaban J connectivity index is 1.45. The van der Waals surface area contributed by atoms with Gasteiger partial charge in [-0.05, 0) is 50.5 Å². The number of benzene rings is 2. The van der Waals surface area contributed by atoms with E-state index >= 15 is 0 Å². The fraction of sp³-hybridized carbons (Fsp3) is 0.280. The van der Waals surface area contributed by atoms with Crippen LogP contribution in [0.4, 0.5) is 14.5 Å². The third-order valence-electron chi connectivity index (χ3n) is 5.95. The normalized spacial score (nSPS) is 15.5. The Labute approximate surface area is 202 Å². The summed E-state index contributed by atoms with van der Waals surface area (Å²) >= 11 is 0. The molecule has 0 bridgehead atoms. The first kappa shape index (κ1) is 24.7. The van der Waals surface area contributed by atoms with E-state index in [9.17, 15) is 22.0 Å². The van der Waals surface area contributed by atoms with Crippen LogP contribution < -0.4 is 5.32 Å². The number of hydrogen-bond donors (Lipinski definition) is 1. The molecule has 7 nitrogen and oxygen atoms in total. The summed E-state index contributed by atoms with van der Waals surface area (Å²) < 4.78 is 60.6. The van der Waals surface area contributed by atoms with E-state index in [4.69, 9.17) is 4.52 Å². The van der Waals surface area contributed by atoms with Crippen LogP contribution in [0, 0.1) is 31.4 Å². The molecule has 0 radical (unpaired) electrons. The van der Waals surface area contributed by atoms with Crippen LogP contribution >= 0.6 is 0 Å².